The minimum atomic E-state index is -0.212. The number of hydrogen-bond acceptors (Lipinski definition) is 6. The summed E-state index contributed by atoms with van der Waals surface area (Å²) in [6, 6.07) is 11.6. The third-order valence-corrected chi connectivity index (χ3v) is 4.65. The molecule has 26 heavy (non-hydrogen) atoms. The molecule has 0 saturated carbocycles. The number of allylic oxidation sites excluding steroid dienone is 1. The predicted octanol–water partition coefficient (Wildman–Crippen LogP) is 3.13. The Morgan fingerprint density at radius 3 is 1.96 bits per heavy atom. The number of ether oxygens (including phenoxy) is 5. The third-order valence-electron chi connectivity index (χ3n) is 4.65. The summed E-state index contributed by atoms with van der Waals surface area (Å²) < 4.78 is 27.0. The van der Waals surface area contributed by atoms with Crippen LogP contribution in [0.1, 0.15) is 17.5 Å². The Hall–Kier alpha value is -3.15. The van der Waals surface area contributed by atoms with Crippen LogP contribution in [0, 0.1) is 0 Å². The summed E-state index contributed by atoms with van der Waals surface area (Å²) in [5.41, 5.74) is 3.07. The van der Waals surface area contributed by atoms with Gasteiger partial charge >= 0.3 is 5.97 Å². The van der Waals surface area contributed by atoms with Crippen molar-refractivity contribution in [1.29, 1.82) is 0 Å². The monoisotopic (exact) mass is 352 g/mol. The maximum atomic E-state index is 11.9. The molecular weight excluding hydrogens is 336 g/mol. The Kier molecular flexibility index (Phi) is 3.48. The van der Waals surface area contributed by atoms with Crippen LogP contribution in [0.25, 0.3) is 0 Å². The fourth-order valence-corrected chi connectivity index (χ4v) is 3.37. The molecular formula is C20H16O6. The lowest BCUT2D eigenvalue weighted by Crippen LogP contribution is -1.97. The Morgan fingerprint density at radius 1 is 0.731 bits per heavy atom. The van der Waals surface area contributed by atoms with Crippen LogP contribution in [0.2, 0.25) is 0 Å². The van der Waals surface area contributed by atoms with Crippen LogP contribution >= 0.6 is 0 Å². The van der Waals surface area contributed by atoms with E-state index >= 15 is 0 Å². The van der Waals surface area contributed by atoms with E-state index < -0.39 is 0 Å². The quantitative estimate of drug-likeness (QED) is 0.788. The molecule has 0 aliphatic carbocycles. The number of hydrogen-bond donors (Lipinski definition) is 0. The number of benzene rings is 2. The first-order valence-corrected chi connectivity index (χ1v) is 8.43. The van der Waals surface area contributed by atoms with E-state index in [4.69, 9.17) is 23.7 Å². The van der Waals surface area contributed by atoms with Crippen LogP contribution in [0.5, 0.6) is 23.0 Å². The van der Waals surface area contributed by atoms with E-state index in [1.54, 1.807) is 0 Å². The second-order valence-electron chi connectivity index (χ2n) is 6.41. The van der Waals surface area contributed by atoms with Crippen molar-refractivity contribution in [3.63, 3.8) is 0 Å². The van der Waals surface area contributed by atoms with Crippen molar-refractivity contribution in [3.05, 3.63) is 58.9 Å². The molecule has 0 aromatic heterocycles. The van der Waals surface area contributed by atoms with Gasteiger partial charge in [-0.2, -0.15) is 0 Å². The number of fused-ring (bicyclic) bond motifs is 2. The zero-order chi connectivity index (χ0) is 17.5. The van der Waals surface area contributed by atoms with Crippen LogP contribution in [0.4, 0.5) is 0 Å². The molecule has 6 heteroatoms. The molecule has 3 heterocycles. The van der Waals surface area contributed by atoms with Crippen LogP contribution in [0.3, 0.4) is 0 Å². The second-order valence-corrected chi connectivity index (χ2v) is 6.41. The molecule has 6 nitrogen and oxygen atoms in total. The third kappa shape index (κ3) is 2.73. The molecule has 3 aliphatic heterocycles. The number of carbonyl (C=O) groups is 1. The lowest BCUT2D eigenvalue weighted by Gasteiger charge is -2.08. The summed E-state index contributed by atoms with van der Waals surface area (Å²) in [4.78, 5) is 11.9. The lowest BCUT2D eigenvalue weighted by atomic mass is 9.99. The van der Waals surface area contributed by atoms with Crippen LogP contribution in [0.15, 0.2) is 47.7 Å². The molecule has 0 radical (unpaired) electrons. The normalized spacial score (nSPS) is 17.0. The van der Waals surface area contributed by atoms with Crippen LogP contribution < -0.4 is 18.9 Å². The van der Waals surface area contributed by atoms with Gasteiger partial charge in [0.05, 0.1) is 6.42 Å². The summed E-state index contributed by atoms with van der Waals surface area (Å²) in [5.74, 6) is 3.47. The SMILES string of the molecule is O=C1CC(Cc2ccc3c(c2)OCO3)=C(Cc2ccc3c(c2)OCO3)O1. The first-order chi connectivity index (χ1) is 12.7. The van der Waals surface area contributed by atoms with Crippen molar-refractivity contribution in [2.24, 2.45) is 0 Å². The fraction of sp³-hybridized carbons (Fsp3) is 0.250. The summed E-state index contributed by atoms with van der Waals surface area (Å²) in [6.45, 7) is 0.490. The van der Waals surface area contributed by atoms with Crippen LogP contribution in [-0.4, -0.2) is 19.6 Å². The average molecular weight is 352 g/mol. The van der Waals surface area contributed by atoms with E-state index in [1.807, 2.05) is 36.4 Å². The summed E-state index contributed by atoms with van der Waals surface area (Å²) >= 11 is 0. The second kappa shape index (κ2) is 5.98. The molecule has 0 saturated heterocycles. The molecule has 132 valence electrons. The van der Waals surface area contributed by atoms with Gasteiger partial charge in [0, 0.05) is 6.42 Å². The minimum Gasteiger partial charge on any atom is -0.454 e. The molecule has 0 amide bonds. The first kappa shape index (κ1) is 15.1. The number of cyclic esters (lactones) is 1. The molecule has 0 fully saturated rings. The summed E-state index contributed by atoms with van der Waals surface area (Å²) in [5, 5.41) is 0. The van der Waals surface area contributed by atoms with Gasteiger partial charge in [0.25, 0.3) is 0 Å². The Labute approximate surface area is 149 Å². The smallest absolute Gasteiger partial charge is 0.315 e. The largest absolute Gasteiger partial charge is 0.454 e. The lowest BCUT2D eigenvalue weighted by molar-refractivity contribution is -0.136. The number of rotatable bonds is 4. The molecule has 3 aliphatic rings. The van der Waals surface area contributed by atoms with Crippen molar-refractivity contribution in [3.8, 4) is 23.0 Å². The molecule has 0 bridgehead atoms. The Morgan fingerprint density at radius 2 is 1.31 bits per heavy atom. The highest BCUT2D eigenvalue weighted by Crippen LogP contribution is 2.36. The van der Waals surface area contributed by atoms with Crippen molar-refractivity contribution in [2.75, 3.05) is 13.6 Å². The van der Waals surface area contributed by atoms with Crippen molar-refractivity contribution in [2.45, 2.75) is 19.3 Å². The predicted molar refractivity (Wildman–Crippen MR) is 90.3 cm³/mol. The van der Waals surface area contributed by atoms with Crippen molar-refractivity contribution >= 4 is 5.97 Å². The van der Waals surface area contributed by atoms with Gasteiger partial charge < -0.3 is 23.7 Å². The average Bonchev–Trinajstić information content (AvgIpc) is 3.34. The van der Waals surface area contributed by atoms with Gasteiger partial charge in [0.2, 0.25) is 13.6 Å². The maximum absolute atomic E-state index is 11.9. The van der Waals surface area contributed by atoms with E-state index in [2.05, 4.69) is 0 Å². The zero-order valence-electron chi connectivity index (χ0n) is 13.9. The van der Waals surface area contributed by atoms with Gasteiger partial charge in [0.15, 0.2) is 23.0 Å². The molecule has 5 rings (SSSR count). The van der Waals surface area contributed by atoms with Gasteiger partial charge in [-0.3, -0.25) is 4.79 Å². The summed E-state index contributed by atoms with van der Waals surface area (Å²) in [6.07, 6.45) is 1.50. The zero-order valence-corrected chi connectivity index (χ0v) is 13.9. The first-order valence-electron chi connectivity index (χ1n) is 8.43. The van der Waals surface area contributed by atoms with E-state index in [1.165, 1.54) is 0 Å². The van der Waals surface area contributed by atoms with Gasteiger partial charge in [0.1, 0.15) is 5.76 Å². The van der Waals surface area contributed by atoms with Crippen LogP contribution in [-0.2, 0) is 22.4 Å². The standard InChI is InChI=1S/C20H16O6/c21-20-9-14(5-12-1-3-15-18(7-12)24-10-22-15)17(26-20)6-13-2-4-16-19(8-13)25-11-23-16/h1-4,7-8H,5-6,9-11H2. The van der Waals surface area contributed by atoms with E-state index in [0.717, 1.165) is 39.7 Å². The molecule has 0 spiro atoms. The van der Waals surface area contributed by atoms with Crippen molar-refractivity contribution in [1.82, 2.24) is 0 Å². The highest BCUT2D eigenvalue weighted by Gasteiger charge is 2.25. The molecule has 2 aromatic carbocycles. The molecule has 0 unspecified atom stereocenters. The van der Waals surface area contributed by atoms with E-state index in [-0.39, 0.29) is 19.6 Å². The van der Waals surface area contributed by atoms with E-state index in [9.17, 15) is 4.79 Å². The fourth-order valence-electron chi connectivity index (χ4n) is 3.37. The molecule has 0 N–H and O–H groups in total. The Balaban J connectivity index is 1.39. The topological polar surface area (TPSA) is 63.2 Å². The van der Waals surface area contributed by atoms with Gasteiger partial charge in [-0.15, -0.1) is 0 Å². The van der Waals surface area contributed by atoms with E-state index in [0.29, 0.717) is 25.0 Å². The maximum Gasteiger partial charge on any atom is 0.315 e. The van der Waals surface area contributed by atoms with Gasteiger partial charge in [-0.05, 0) is 47.4 Å². The highest BCUT2D eigenvalue weighted by molar-refractivity contribution is 5.77. The molecule has 0 atom stereocenters. The highest BCUT2D eigenvalue weighted by atomic mass is 16.7. The minimum absolute atomic E-state index is 0.212. The van der Waals surface area contributed by atoms with Gasteiger partial charge in [-0.25, -0.2) is 0 Å². The van der Waals surface area contributed by atoms with Gasteiger partial charge in [-0.1, -0.05) is 12.1 Å². The number of esters is 1. The van der Waals surface area contributed by atoms with Crippen molar-refractivity contribution < 1.29 is 28.5 Å². The molecule has 2 aromatic rings. The Bertz CT molecular complexity index is 856. The summed E-state index contributed by atoms with van der Waals surface area (Å²) in [7, 11) is 0. The number of carbonyl (C=O) groups excluding carboxylic acids is 1.